The maximum Gasteiger partial charge on any atom is 0.366 e. The SMILES string of the molecule is C=CCCCCCCCC/C=C(\F)C(=O)OCC. The molecule has 0 radical (unpaired) electrons. The van der Waals surface area contributed by atoms with Crippen molar-refractivity contribution in [2.45, 2.75) is 58.3 Å². The Hall–Kier alpha value is -1.12. The Bertz CT molecular complexity index is 259. The Labute approximate surface area is 110 Å². The standard InChI is InChI=1S/C15H25FO2/c1-3-5-6-7-8-9-10-11-12-13-14(16)15(17)18-4-2/h3,13H,1,4-12H2,2H3/b14-13-. The van der Waals surface area contributed by atoms with E-state index in [2.05, 4.69) is 11.3 Å². The van der Waals surface area contributed by atoms with Gasteiger partial charge in [-0.3, -0.25) is 0 Å². The normalized spacial score (nSPS) is 11.3. The zero-order valence-electron chi connectivity index (χ0n) is 11.4. The molecule has 0 aromatic rings. The topological polar surface area (TPSA) is 26.3 Å². The van der Waals surface area contributed by atoms with Crippen LogP contribution in [0.5, 0.6) is 0 Å². The number of ether oxygens (including phenoxy) is 1. The Morgan fingerprint density at radius 2 is 1.67 bits per heavy atom. The van der Waals surface area contributed by atoms with E-state index in [9.17, 15) is 9.18 Å². The fourth-order valence-corrected chi connectivity index (χ4v) is 1.65. The quantitative estimate of drug-likeness (QED) is 0.231. The van der Waals surface area contributed by atoms with E-state index in [-0.39, 0.29) is 6.61 Å². The third-order valence-corrected chi connectivity index (χ3v) is 2.66. The molecule has 3 heteroatoms. The molecule has 104 valence electrons. The summed E-state index contributed by atoms with van der Waals surface area (Å²) in [5, 5.41) is 0. The van der Waals surface area contributed by atoms with Crippen LogP contribution in [0.4, 0.5) is 4.39 Å². The summed E-state index contributed by atoms with van der Waals surface area (Å²) >= 11 is 0. The highest BCUT2D eigenvalue weighted by molar-refractivity contribution is 5.85. The number of halogens is 1. The maximum absolute atomic E-state index is 13.1. The highest BCUT2D eigenvalue weighted by Crippen LogP contribution is 2.10. The van der Waals surface area contributed by atoms with Gasteiger partial charge < -0.3 is 4.74 Å². The monoisotopic (exact) mass is 256 g/mol. The fourth-order valence-electron chi connectivity index (χ4n) is 1.65. The first-order valence-corrected chi connectivity index (χ1v) is 6.86. The summed E-state index contributed by atoms with van der Waals surface area (Å²) in [6.07, 6.45) is 11.8. The second-order valence-corrected chi connectivity index (χ2v) is 4.26. The van der Waals surface area contributed by atoms with Gasteiger partial charge in [-0.25, -0.2) is 4.79 Å². The number of hydrogen-bond acceptors (Lipinski definition) is 2. The summed E-state index contributed by atoms with van der Waals surface area (Å²) in [4.78, 5) is 10.9. The Morgan fingerprint density at radius 3 is 2.22 bits per heavy atom. The largest absolute Gasteiger partial charge is 0.461 e. The lowest BCUT2D eigenvalue weighted by molar-refractivity contribution is -0.140. The van der Waals surface area contributed by atoms with Crippen LogP contribution in [-0.2, 0) is 9.53 Å². The molecular weight excluding hydrogens is 231 g/mol. The van der Waals surface area contributed by atoms with E-state index in [1.807, 2.05) is 6.08 Å². The summed E-state index contributed by atoms with van der Waals surface area (Å²) in [5.74, 6) is -1.61. The molecule has 0 saturated carbocycles. The number of rotatable bonds is 11. The summed E-state index contributed by atoms with van der Waals surface area (Å²) in [6.45, 7) is 5.56. The minimum atomic E-state index is -0.845. The number of hydrogen-bond donors (Lipinski definition) is 0. The molecule has 0 bridgehead atoms. The molecule has 2 nitrogen and oxygen atoms in total. The average molecular weight is 256 g/mol. The molecule has 0 aromatic heterocycles. The van der Waals surface area contributed by atoms with Gasteiger partial charge in [0, 0.05) is 0 Å². The van der Waals surface area contributed by atoms with Crippen molar-refractivity contribution >= 4 is 5.97 Å². The van der Waals surface area contributed by atoms with Crippen LogP contribution in [-0.4, -0.2) is 12.6 Å². The number of carbonyl (C=O) groups is 1. The molecule has 0 N–H and O–H groups in total. The van der Waals surface area contributed by atoms with Crippen LogP contribution < -0.4 is 0 Å². The van der Waals surface area contributed by atoms with Crippen LogP contribution in [0.15, 0.2) is 24.6 Å². The lowest BCUT2D eigenvalue weighted by Crippen LogP contribution is -2.03. The second-order valence-electron chi connectivity index (χ2n) is 4.26. The molecule has 0 aliphatic heterocycles. The highest BCUT2D eigenvalue weighted by Gasteiger charge is 2.07. The maximum atomic E-state index is 13.1. The van der Waals surface area contributed by atoms with Crippen molar-refractivity contribution in [1.29, 1.82) is 0 Å². The molecule has 0 rings (SSSR count). The van der Waals surface area contributed by atoms with E-state index >= 15 is 0 Å². The van der Waals surface area contributed by atoms with Crippen molar-refractivity contribution in [3.05, 3.63) is 24.6 Å². The van der Waals surface area contributed by atoms with Crippen LogP contribution in [0.3, 0.4) is 0 Å². The third kappa shape index (κ3) is 10.1. The Morgan fingerprint density at radius 1 is 1.11 bits per heavy atom. The zero-order valence-corrected chi connectivity index (χ0v) is 11.4. The van der Waals surface area contributed by atoms with Crippen molar-refractivity contribution < 1.29 is 13.9 Å². The Kier molecular flexibility index (Phi) is 11.6. The van der Waals surface area contributed by atoms with Crippen LogP contribution >= 0.6 is 0 Å². The number of unbranched alkanes of at least 4 members (excludes halogenated alkanes) is 7. The van der Waals surface area contributed by atoms with Crippen molar-refractivity contribution in [3.8, 4) is 0 Å². The number of carbonyl (C=O) groups excluding carboxylic acids is 1. The predicted molar refractivity (Wildman–Crippen MR) is 73.0 cm³/mol. The average Bonchev–Trinajstić information content (AvgIpc) is 2.36. The molecule has 0 saturated heterocycles. The molecule has 0 aliphatic rings. The first-order valence-electron chi connectivity index (χ1n) is 6.86. The van der Waals surface area contributed by atoms with Gasteiger partial charge in [0.1, 0.15) is 0 Å². The first kappa shape index (κ1) is 16.9. The summed E-state index contributed by atoms with van der Waals surface area (Å²) in [6, 6.07) is 0. The van der Waals surface area contributed by atoms with Crippen molar-refractivity contribution in [2.24, 2.45) is 0 Å². The smallest absolute Gasteiger partial charge is 0.366 e. The van der Waals surface area contributed by atoms with Gasteiger partial charge in [-0.15, -0.1) is 6.58 Å². The van der Waals surface area contributed by atoms with E-state index in [1.54, 1.807) is 6.92 Å². The summed E-state index contributed by atoms with van der Waals surface area (Å²) in [5.41, 5.74) is 0. The van der Waals surface area contributed by atoms with E-state index in [0.717, 1.165) is 19.3 Å². The van der Waals surface area contributed by atoms with Gasteiger partial charge in [-0.1, -0.05) is 31.8 Å². The molecule has 0 heterocycles. The molecule has 0 amide bonds. The van der Waals surface area contributed by atoms with Gasteiger partial charge in [0.25, 0.3) is 0 Å². The van der Waals surface area contributed by atoms with Gasteiger partial charge >= 0.3 is 5.97 Å². The number of esters is 1. The van der Waals surface area contributed by atoms with Crippen molar-refractivity contribution in [3.63, 3.8) is 0 Å². The molecule has 0 unspecified atom stereocenters. The predicted octanol–water partition coefficient (Wildman–Crippen LogP) is 4.71. The molecule has 0 aromatic carbocycles. The third-order valence-electron chi connectivity index (χ3n) is 2.66. The lowest BCUT2D eigenvalue weighted by Gasteiger charge is -2.00. The molecule has 0 fully saturated rings. The van der Waals surface area contributed by atoms with Crippen LogP contribution in [0, 0.1) is 0 Å². The summed E-state index contributed by atoms with van der Waals surface area (Å²) in [7, 11) is 0. The molecule has 0 atom stereocenters. The van der Waals surface area contributed by atoms with Gasteiger partial charge in [0.2, 0.25) is 5.83 Å². The zero-order chi connectivity index (χ0) is 13.6. The fraction of sp³-hybridized carbons (Fsp3) is 0.667. The van der Waals surface area contributed by atoms with Gasteiger partial charge in [-0.2, -0.15) is 4.39 Å². The van der Waals surface area contributed by atoms with E-state index in [4.69, 9.17) is 0 Å². The minimum absolute atomic E-state index is 0.213. The van der Waals surface area contributed by atoms with E-state index in [0.29, 0.717) is 6.42 Å². The molecular formula is C15H25FO2. The van der Waals surface area contributed by atoms with Crippen molar-refractivity contribution in [1.82, 2.24) is 0 Å². The molecule has 0 aliphatic carbocycles. The number of allylic oxidation sites excluding steroid dienone is 2. The second kappa shape index (κ2) is 12.3. The van der Waals surface area contributed by atoms with Gasteiger partial charge in [-0.05, 0) is 38.7 Å². The Balaban J connectivity index is 3.41. The molecule has 0 spiro atoms. The van der Waals surface area contributed by atoms with Crippen LogP contribution in [0.2, 0.25) is 0 Å². The first-order chi connectivity index (χ1) is 8.72. The van der Waals surface area contributed by atoms with Crippen LogP contribution in [0.25, 0.3) is 0 Å². The van der Waals surface area contributed by atoms with E-state index in [1.165, 1.54) is 31.8 Å². The molecule has 18 heavy (non-hydrogen) atoms. The van der Waals surface area contributed by atoms with Gasteiger partial charge in [0.05, 0.1) is 6.61 Å². The van der Waals surface area contributed by atoms with E-state index < -0.39 is 11.8 Å². The highest BCUT2D eigenvalue weighted by atomic mass is 19.1. The minimum Gasteiger partial charge on any atom is -0.461 e. The van der Waals surface area contributed by atoms with Crippen molar-refractivity contribution in [2.75, 3.05) is 6.61 Å². The van der Waals surface area contributed by atoms with Gasteiger partial charge in [0.15, 0.2) is 0 Å². The van der Waals surface area contributed by atoms with Crippen LogP contribution in [0.1, 0.15) is 58.3 Å². The summed E-state index contributed by atoms with van der Waals surface area (Å²) < 4.78 is 17.6. The lowest BCUT2D eigenvalue weighted by atomic mass is 10.1.